The maximum Gasteiger partial charge on any atom is 0.137 e. The third kappa shape index (κ3) is 3.32. The molecule has 0 atom stereocenters. The van der Waals surface area contributed by atoms with E-state index in [1.165, 1.54) is 0 Å². The van der Waals surface area contributed by atoms with Crippen LogP contribution in [-0.2, 0) is 11.2 Å². The Bertz CT molecular complexity index is 334. The van der Waals surface area contributed by atoms with Gasteiger partial charge >= 0.3 is 0 Å². The van der Waals surface area contributed by atoms with Crippen molar-refractivity contribution in [2.75, 3.05) is 0 Å². The molecule has 0 spiro atoms. The lowest BCUT2D eigenvalue weighted by atomic mass is 10.1. The molecular weight excluding hydrogens is 219 g/mol. The van der Waals surface area contributed by atoms with E-state index in [1.807, 2.05) is 13.0 Å². The Hall–Kier alpha value is -0.530. The molecule has 3 heteroatoms. The van der Waals surface area contributed by atoms with Gasteiger partial charge in [-0.15, -0.1) is 0 Å². The molecule has 0 aliphatic rings. The van der Waals surface area contributed by atoms with Gasteiger partial charge in [-0.2, -0.15) is 0 Å². The van der Waals surface area contributed by atoms with E-state index in [-0.39, 0.29) is 5.78 Å². The molecule has 0 radical (unpaired) electrons. The second-order valence-electron chi connectivity index (χ2n) is 3.21. The zero-order valence-corrected chi connectivity index (χ0v) is 9.53. The number of rotatable bonds is 4. The van der Waals surface area contributed by atoms with E-state index in [2.05, 4.69) is 0 Å². The van der Waals surface area contributed by atoms with Gasteiger partial charge in [0.25, 0.3) is 0 Å². The second-order valence-corrected chi connectivity index (χ2v) is 4.03. The van der Waals surface area contributed by atoms with Crippen LogP contribution in [0, 0.1) is 0 Å². The van der Waals surface area contributed by atoms with Gasteiger partial charge in [-0.05, 0) is 24.1 Å². The van der Waals surface area contributed by atoms with Gasteiger partial charge in [-0.1, -0.05) is 36.2 Å². The lowest BCUT2D eigenvalue weighted by molar-refractivity contribution is -0.118. The molecule has 0 fully saturated rings. The van der Waals surface area contributed by atoms with Crippen LogP contribution in [0.1, 0.15) is 25.3 Å². The number of Topliss-reactive ketones (excluding diaryl/α,β-unsaturated/α-hetero) is 1. The molecule has 0 heterocycles. The van der Waals surface area contributed by atoms with Crippen molar-refractivity contribution in [2.45, 2.75) is 26.2 Å². The summed E-state index contributed by atoms with van der Waals surface area (Å²) in [5, 5.41) is 1.03. The summed E-state index contributed by atoms with van der Waals surface area (Å²) in [6.07, 6.45) is 1.96. The van der Waals surface area contributed by atoms with Crippen molar-refractivity contribution in [3.05, 3.63) is 33.8 Å². The van der Waals surface area contributed by atoms with Crippen LogP contribution in [0.3, 0.4) is 0 Å². The van der Waals surface area contributed by atoms with Crippen LogP contribution < -0.4 is 0 Å². The lowest BCUT2D eigenvalue weighted by Gasteiger charge is -2.01. The molecule has 1 aromatic carbocycles. The number of hydrogen-bond donors (Lipinski definition) is 0. The lowest BCUT2D eigenvalue weighted by Crippen LogP contribution is -2.01. The number of hydrogen-bond acceptors (Lipinski definition) is 1. The molecule has 0 bridgehead atoms. The van der Waals surface area contributed by atoms with Crippen LogP contribution in [0.4, 0.5) is 0 Å². The quantitative estimate of drug-likeness (QED) is 0.767. The van der Waals surface area contributed by atoms with Gasteiger partial charge in [-0.25, -0.2) is 0 Å². The van der Waals surface area contributed by atoms with Crippen molar-refractivity contribution in [3.63, 3.8) is 0 Å². The minimum atomic E-state index is 0.242. The van der Waals surface area contributed by atoms with Crippen molar-refractivity contribution in [2.24, 2.45) is 0 Å². The summed E-state index contributed by atoms with van der Waals surface area (Å²) < 4.78 is 0. The van der Waals surface area contributed by atoms with Crippen LogP contribution in [0.25, 0.3) is 0 Å². The van der Waals surface area contributed by atoms with Crippen LogP contribution in [0.2, 0.25) is 10.0 Å². The van der Waals surface area contributed by atoms with Gasteiger partial charge in [0.1, 0.15) is 5.78 Å². The molecule has 0 amide bonds. The van der Waals surface area contributed by atoms with Crippen LogP contribution in [0.5, 0.6) is 0 Å². The molecule has 14 heavy (non-hydrogen) atoms. The van der Waals surface area contributed by atoms with Crippen molar-refractivity contribution >= 4 is 29.0 Å². The highest BCUT2D eigenvalue weighted by Crippen LogP contribution is 2.22. The van der Waals surface area contributed by atoms with E-state index in [1.54, 1.807) is 12.1 Å². The van der Waals surface area contributed by atoms with Crippen LogP contribution in [-0.4, -0.2) is 5.78 Å². The topological polar surface area (TPSA) is 17.1 Å². The highest BCUT2D eigenvalue weighted by Gasteiger charge is 2.04. The minimum Gasteiger partial charge on any atom is -0.299 e. The summed E-state index contributed by atoms with van der Waals surface area (Å²) in [6.45, 7) is 1.99. The molecule has 76 valence electrons. The molecule has 1 aromatic rings. The molecule has 0 unspecified atom stereocenters. The highest BCUT2D eigenvalue weighted by atomic mass is 35.5. The normalized spacial score (nSPS) is 10.2. The van der Waals surface area contributed by atoms with Crippen LogP contribution >= 0.6 is 23.2 Å². The molecule has 0 aliphatic carbocycles. The average Bonchev–Trinajstić information content (AvgIpc) is 2.12. The Balaban J connectivity index is 2.68. The Morgan fingerprint density at radius 2 is 2.00 bits per heavy atom. The molecule has 1 nitrogen and oxygen atoms in total. The van der Waals surface area contributed by atoms with Crippen molar-refractivity contribution in [1.29, 1.82) is 0 Å². The van der Waals surface area contributed by atoms with E-state index in [0.29, 0.717) is 22.9 Å². The van der Waals surface area contributed by atoms with Crippen molar-refractivity contribution < 1.29 is 4.79 Å². The second kappa shape index (κ2) is 5.38. The minimum absolute atomic E-state index is 0.242. The van der Waals surface area contributed by atoms with E-state index in [0.717, 1.165) is 12.0 Å². The molecule has 0 N–H and O–H groups in total. The smallest absolute Gasteiger partial charge is 0.137 e. The number of carbonyl (C=O) groups excluding carboxylic acids is 1. The first-order valence-electron chi connectivity index (χ1n) is 4.59. The molecule has 0 saturated heterocycles. The van der Waals surface area contributed by atoms with E-state index in [9.17, 15) is 4.79 Å². The van der Waals surface area contributed by atoms with Gasteiger partial charge < -0.3 is 0 Å². The van der Waals surface area contributed by atoms with Crippen molar-refractivity contribution in [1.82, 2.24) is 0 Å². The van der Waals surface area contributed by atoms with Gasteiger partial charge in [0.05, 0.1) is 10.0 Å². The SMILES string of the molecule is CCCC(=O)Cc1ccc(Cl)c(Cl)c1. The predicted molar refractivity (Wildman–Crippen MR) is 60.1 cm³/mol. The fraction of sp³-hybridized carbons (Fsp3) is 0.364. The zero-order chi connectivity index (χ0) is 10.6. The summed E-state index contributed by atoms with van der Waals surface area (Å²) in [4.78, 5) is 11.3. The maximum atomic E-state index is 11.3. The monoisotopic (exact) mass is 230 g/mol. The molecule has 0 aliphatic heterocycles. The third-order valence-electron chi connectivity index (χ3n) is 1.91. The fourth-order valence-corrected chi connectivity index (χ4v) is 1.57. The first-order chi connectivity index (χ1) is 6.63. The standard InChI is InChI=1S/C11H12Cl2O/c1-2-3-9(14)6-8-4-5-10(12)11(13)7-8/h4-5,7H,2-3,6H2,1H3. The van der Waals surface area contributed by atoms with E-state index >= 15 is 0 Å². The average molecular weight is 231 g/mol. The summed E-state index contributed by atoms with van der Waals surface area (Å²) in [5.74, 6) is 0.242. The Kier molecular flexibility index (Phi) is 4.43. The molecule has 0 saturated carbocycles. The van der Waals surface area contributed by atoms with E-state index in [4.69, 9.17) is 23.2 Å². The number of ketones is 1. The zero-order valence-electron chi connectivity index (χ0n) is 8.02. The summed E-state index contributed by atoms with van der Waals surface area (Å²) >= 11 is 11.6. The van der Waals surface area contributed by atoms with Crippen LogP contribution in [0.15, 0.2) is 18.2 Å². The molecular formula is C11H12Cl2O. The van der Waals surface area contributed by atoms with E-state index < -0.39 is 0 Å². The highest BCUT2D eigenvalue weighted by molar-refractivity contribution is 6.42. The summed E-state index contributed by atoms with van der Waals surface area (Å²) in [6, 6.07) is 5.30. The summed E-state index contributed by atoms with van der Waals surface area (Å²) in [5.41, 5.74) is 0.929. The van der Waals surface area contributed by atoms with Gasteiger partial charge in [0.2, 0.25) is 0 Å². The number of halogens is 2. The third-order valence-corrected chi connectivity index (χ3v) is 2.65. The van der Waals surface area contributed by atoms with Crippen molar-refractivity contribution in [3.8, 4) is 0 Å². The first kappa shape index (κ1) is 11.5. The van der Waals surface area contributed by atoms with Gasteiger partial charge in [-0.3, -0.25) is 4.79 Å². The number of benzene rings is 1. The predicted octanol–water partition coefficient (Wildman–Crippen LogP) is 3.91. The van der Waals surface area contributed by atoms with Gasteiger partial charge in [0.15, 0.2) is 0 Å². The van der Waals surface area contributed by atoms with Gasteiger partial charge in [0, 0.05) is 12.8 Å². The Morgan fingerprint density at radius 3 is 2.57 bits per heavy atom. The largest absolute Gasteiger partial charge is 0.299 e. The molecule has 1 rings (SSSR count). The number of carbonyl (C=O) groups is 1. The Morgan fingerprint density at radius 1 is 1.29 bits per heavy atom. The Labute approximate surface area is 94.0 Å². The summed E-state index contributed by atoms with van der Waals surface area (Å²) in [7, 11) is 0. The maximum absolute atomic E-state index is 11.3. The fourth-order valence-electron chi connectivity index (χ4n) is 1.24. The molecule has 0 aromatic heterocycles. The first-order valence-corrected chi connectivity index (χ1v) is 5.34.